The molecule has 6 nitrogen and oxygen atoms in total. The van der Waals surface area contributed by atoms with Crippen molar-refractivity contribution in [1.82, 2.24) is 25.4 Å². The lowest BCUT2D eigenvalue weighted by molar-refractivity contribution is 0.0888. The Labute approximate surface area is 148 Å². The fourth-order valence-corrected chi connectivity index (χ4v) is 4.30. The maximum absolute atomic E-state index is 12.7. The van der Waals surface area contributed by atoms with Crippen LogP contribution in [0.25, 0.3) is 5.69 Å². The van der Waals surface area contributed by atoms with Crippen LogP contribution in [-0.2, 0) is 0 Å². The van der Waals surface area contributed by atoms with Crippen LogP contribution in [0.5, 0.6) is 0 Å². The first kappa shape index (κ1) is 16.3. The van der Waals surface area contributed by atoms with Gasteiger partial charge in [0.05, 0.1) is 23.1 Å². The summed E-state index contributed by atoms with van der Waals surface area (Å²) in [5.74, 6) is 1.54. The van der Waals surface area contributed by atoms with E-state index in [1.54, 1.807) is 23.3 Å². The molecule has 2 fully saturated rings. The molecule has 2 N–H and O–H groups in total. The smallest absolute Gasteiger partial charge is 0.254 e. The number of amides is 1. The fraction of sp³-hybridized carbons (Fsp3) is 0.526. The van der Waals surface area contributed by atoms with Gasteiger partial charge in [-0.2, -0.15) is 5.10 Å². The lowest BCUT2D eigenvalue weighted by atomic mass is 9.73. The van der Waals surface area contributed by atoms with E-state index in [1.165, 1.54) is 12.8 Å². The summed E-state index contributed by atoms with van der Waals surface area (Å²) in [6.45, 7) is 4.19. The van der Waals surface area contributed by atoms with Crippen LogP contribution >= 0.6 is 0 Å². The SMILES string of the molecule is Cc1c(C(=O)NC2CCC3CNCCC3C2)cnn1-c1ccncc1. The van der Waals surface area contributed by atoms with Gasteiger partial charge in [0.15, 0.2) is 0 Å². The second-order valence-corrected chi connectivity index (χ2v) is 7.26. The van der Waals surface area contributed by atoms with Crippen molar-refractivity contribution in [2.75, 3.05) is 13.1 Å². The molecular formula is C19H25N5O. The molecule has 25 heavy (non-hydrogen) atoms. The van der Waals surface area contributed by atoms with E-state index in [2.05, 4.69) is 20.7 Å². The van der Waals surface area contributed by atoms with Gasteiger partial charge in [0.25, 0.3) is 5.91 Å². The highest BCUT2D eigenvalue weighted by atomic mass is 16.1. The number of pyridine rings is 1. The number of fused-ring (bicyclic) bond motifs is 1. The highest BCUT2D eigenvalue weighted by molar-refractivity contribution is 5.95. The van der Waals surface area contributed by atoms with E-state index in [-0.39, 0.29) is 11.9 Å². The normalized spacial score (nSPS) is 26.0. The monoisotopic (exact) mass is 339 g/mol. The third kappa shape index (κ3) is 3.31. The second-order valence-electron chi connectivity index (χ2n) is 7.26. The summed E-state index contributed by atoms with van der Waals surface area (Å²) in [5, 5.41) is 11.1. The van der Waals surface area contributed by atoms with Crippen molar-refractivity contribution in [1.29, 1.82) is 0 Å². The average molecular weight is 339 g/mol. The standard InChI is InChI=1S/C19H25N5O/c1-13-18(12-22-24(13)17-5-8-20-9-6-17)19(25)23-16-3-2-15-11-21-7-4-14(15)10-16/h5-6,8-9,12,14-16,21H,2-4,7,10-11H2,1H3,(H,23,25). The highest BCUT2D eigenvalue weighted by Gasteiger charge is 2.33. The third-order valence-corrected chi connectivity index (χ3v) is 5.74. The summed E-state index contributed by atoms with van der Waals surface area (Å²) >= 11 is 0. The Morgan fingerprint density at radius 3 is 2.92 bits per heavy atom. The van der Waals surface area contributed by atoms with E-state index in [4.69, 9.17) is 0 Å². The molecule has 3 unspecified atom stereocenters. The van der Waals surface area contributed by atoms with Crippen LogP contribution in [0.2, 0.25) is 0 Å². The summed E-state index contributed by atoms with van der Waals surface area (Å²) in [5.41, 5.74) is 2.44. The summed E-state index contributed by atoms with van der Waals surface area (Å²) < 4.78 is 1.79. The van der Waals surface area contributed by atoms with Crippen molar-refractivity contribution in [2.45, 2.75) is 38.6 Å². The second kappa shape index (κ2) is 6.96. The molecule has 0 radical (unpaired) electrons. The molecule has 0 spiro atoms. The van der Waals surface area contributed by atoms with Crippen molar-refractivity contribution in [2.24, 2.45) is 11.8 Å². The largest absolute Gasteiger partial charge is 0.349 e. The average Bonchev–Trinajstić information content (AvgIpc) is 3.04. The maximum atomic E-state index is 12.7. The Morgan fingerprint density at radius 2 is 2.08 bits per heavy atom. The molecule has 4 rings (SSSR count). The highest BCUT2D eigenvalue weighted by Crippen LogP contribution is 2.34. The van der Waals surface area contributed by atoms with Crippen LogP contribution < -0.4 is 10.6 Å². The number of nitrogens with one attached hydrogen (secondary N) is 2. The van der Waals surface area contributed by atoms with E-state index >= 15 is 0 Å². The Morgan fingerprint density at radius 1 is 1.24 bits per heavy atom. The molecule has 1 amide bonds. The van der Waals surface area contributed by atoms with Crippen molar-refractivity contribution in [3.63, 3.8) is 0 Å². The number of hydrogen-bond acceptors (Lipinski definition) is 4. The van der Waals surface area contributed by atoms with Gasteiger partial charge in [-0.1, -0.05) is 0 Å². The Hall–Kier alpha value is -2.21. The molecule has 1 saturated heterocycles. The molecule has 0 bridgehead atoms. The summed E-state index contributed by atoms with van der Waals surface area (Å²) in [7, 11) is 0. The van der Waals surface area contributed by atoms with Crippen LogP contribution in [0.3, 0.4) is 0 Å². The third-order valence-electron chi connectivity index (χ3n) is 5.74. The van der Waals surface area contributed by atoms with E-state index in [9.17, 15) is 4.79 Å². The van der Waals surface area contributed by atoms with Gasteiger partial charge in [-0.3, -0.25) is 9.78 Å². The number of aromatic nitrogens is 3. The summed E-state index contributed by atoms with van der Waals surface area (Å²) in [6.07, 6.45) is 9.75. The van der Waals surface area contributed by atoms with Gasteiger partial charge >= 0.3 is 0 Å². The molecule has 3 heterocycles. The molecule has 1 aliphatic carbocycles. The van der Waals surface area contributed by atoms with E-state index in [1.807, 2.05) is 19.1 Å². The first-order chi connectivity index (χ1) is 12.2. The molecule has 2 aliphatic rings. The van der Waals surface area contributed by atoms with Gasteiger partial charge in [-0.05, 0) is 69.7 Å². The number of carbonyl (C=O) groups excluding carboxylic acids is 1. The minimum atomic E-state index is -0.00445. The number of piperidine rings is 1. The van der Waals surface area contributed by atoms with Crippen LogP contribution in [0.15, 0.2) is 30.7 Å². The minimum Gasteiger partial charge on any atom is -0.349 e. The van der Waals surface area contributed by atoms with Gasteiger partial charge in [-0.15, -0.1) is 0 Å². The molecule has 2 aromatic heterocycles. The first-order valence-corrected chi connectivity index (χ1v) is 9.19. The Balaban J connectivity index is 1.44. The predicted octanol–water partition coefficient (Wildman–Crippen LogP) is 2.08. The van der Waals surface area contributed by atoms with Crippen molar-refractivity contribution in [3.8, 4) is 5.69 Å². The molecule has 1 aliphatic heterocycles. The Kier molecular flexibility index (Phi) is 4.53. The lowest BCUT2D eigenvalue weighted by Gasteiger charge is -2.39. The number of carbonyl (C=O) groups is 1. The van der Waals surface area contributed by atoms with Crippen molar-refractivity contribution in [3.05, 3.63) is 42.0 Å². The van der Waals surface area contributed by atoms with Gasteiger partial charge in [0.2, 0.25) is 0 Å². The van der Waals surface area contributed by atoms with Crippen LogP contribution in [-0.4, -0.2) is 39.8 Å². The zero-order valence-corrected chi connectivity index (χ0v) is 14.6. The molecule has 0 aromatic carbocycles. The number of nitrogens with zero attached hydrogens (tertiary/aromatic N) is 3. The molecule has 132 valence electrons. The predicted molar refractivity (Wildman–Crippen MR) is 95.7 cm³/mol. The van der Waals surface area contributed by atoms with Gasteiger partial charge in [-0.25, -0.2) is 4.68 Å². The molecule has 2 aromatic rings. The first-order valence-electron chi connectivity index (χ1n) is 9.19. The quantitative estimate of drug-likeness (QED) is 0.898. The maximum Gasteiger partial charge on any atom is 0.254 e. The van der Waals surface area contributed by atoms with E-state index in [0.29, 0.717) is 5.56 Å². The van der Waals surface area contributed by atoms with Crippen molar-refractivity contribution >= 4 is 5.91 Å². The lowest BCUT2D eigenvalue weighted by Crippen LogP contribution is -2.46. The summed E-state index contributed by atoms with van der Waals surface area (Å²) in [4.78, 5) is 16.8. The van der Waals surface area contributed by atoms with Gasteiger partial charge < -0.3 is 10.6 Å². The summed E-state index contributed by atoms with van der Waals surface area (Å²) in [6, 6.07) is 4.07. The molecular weight excluding hydrogens is 314 g/mol. The molecule has 1 saturated carbocycles. The Bertz CT molecular complexity index is 742. The zero-order chi connectivity index (χ0) is 17.2. The van der Waals surface area contributed by atoms with E-state index in [0.717, 1.165) is 49.1 Å². The topological polar surface area (TPSA) is 71.8 Å². The van der Waals surface area contributed by atoms with Crippen LogP contribution in [0, 0.1) is 18.8 Å². The zero-order valence-electron chi connectivity index (χ0n) is 14.6. The fourth-order valence-electron chi connectivity index (χ4n) is 4.30. The van der Waals surface area contributed by atoms with Gasteiger partial charge in [0, 0.05) is 18.4 Å². The van der Waals surface area contributed by atoms with Gasteiger partial charge in [0.1, 0.15) is 0 Å². The van der Waals surface area contributed by atoms with E-state index < -0.39 is 0 Å². The van der Waals surface area contributed by atoms with Crippen molar-refractivity contribution < 1.29 is 4.79 Å². The minimum absolute atomic E-state index is 0.00445. The van der Waals surface area contributed by atoms with Crippen LogP contribution in [0.1, 0.15) is 41.7 Å². The molecule has 6 heteroatoms. The number of rotatable bonds is 3. The molecule has 3 atom stereocenters. The number of hydrogen-bond donors (Lipinski definition) is 2. The van der Waals surface area contributed by atoms with Crippen LogP contribution in [0.4, 0.5) is 0 Å².